The first-order valence-electron chi connectivity index (χ1n) is 6.83. The van der Waals surface area contributed by atoms with Crippen LogP contribution in [0.3, 0.4) is 0 Å². The van der Waals surface area contributed by atoms with Crippen molar-refractivity contribution >= 4 is 5.97 Å². The van der Waals surface area contributed by atoms with Gasteiger partial charge in [0, 0.05) is 4.91 Å². The second-order valence-electron chi connectivity index (χ2n) is 5.12. The number of hydrogen-bond acceptors (Lipinski definition) is 3. The molecule has 0 radical (unpaired) electrons. The number of azide groups is 1. The Balaban J connectivity index is 2.76. The second-order valence-corrected chi connectivity index (χ2v) is 5.12. The number of nitrogens with zero attached hydrogens (tertiary/aromatic N) is 3. The molecule has 0 heterocycles. The lowest BCUT2D eigenvalue weighted by Gasteiger charge is -2.27. The molecule has 2 aromatic carbocycles. The molecular formula is C17H17N3O2. The number of carbonyl (C=O) groups excluding carboxylic acids is 1. The maximum Gasteiger partial charge on any atom is 0.326 e. The van der Waals surface area contributed by atoms with Crippen LogP contribution in [0.4, 0.5) is 0 Å². The highest BCUT2D eigenvalue weighted by Crippen LogP contribution is 2.36. The Bertz CT molecular complexity index is 669. The summed E-state index contributed by atoms with van der Waals surface area (Å²) in [5.74, 6) is -0.613. The van der Waals surface area contributed by atoms with Crippen molar-refractivity contribution in [3.8, 4) is 0 Å². The highest BCUT2D eigenvalue weighted by atomic mass is 16.5. The van der Waals surface area contributed by atoms with Gasteiger partial charge in [0.15, 0.2) is 5.54 Å². The van der Waals surface area contributed by atoms with Gasteiger partial charge in [0.25, 0.3) is 0 Å². The molecule has 22 heavy (non-hydrogen) atoms. The molecule has 112 valence electrons. The van der Waals surface area contributed by atoms with Crippen molar-refractivity contribution in [2.24, 2.45) is 5.11 Å². The summed E-state index contributed by atoms with van der Waals surface area (Å²) in [7, 11) is 1.28. The van der Waals surface area contributed by atoms with Crippen molar-refractivity contribution in [2.45, 2.75) is 19.4 Å². The van der Waals surface area contributed by atoms with Crippen LogP contribution < -0.4 is 0 Å². The van der Waals surface area contributed by atoms with Gasteiger partial charge >= 0.3 is 5.97 Å². The number of methoxy groups -OCH3 is 1. The molecule has 5 heteroatoms. The van der Waals surface area contributed by atoms with Crippen molar-refractivity contribution in [3.05, 3.63) is 81.2 Å². The van der Waals surface area contributed by atoms with Crippen LogP contribution in [0.1, 0.15) is 22.3 Å². The predicted octanol–water partition coefficient (Wildman–Crippen LogP) is 4.03. The predicted molar refractivity (Wildman–Crippen MR) is 84.3 cm³/mol. The molecule has 0 unspecified atom stereocenters. The first-order chi connectivity index (χ1) is 10.5. The van der Waals surface area contributed by atoms with Crippen molar-refractivity contribution in [1.82, 2.24) is 0 Å². The van der Waals surface area contributed by atoms with Crippen LogP contribution in [0.2, 0.25) is 0 Å². The van der Waals surface area contributed by atoms with Gasteiger partial charge in [-0.2, -0.15) is 0 Å². The molecule has 0 fully saturated rings. The van der Waals surface area contributed by atoms with E-state index in [0.29, 0.717) is 11.1 Å². The molecule has 0 atom stereocenters. The van der Waals surface area contributed by atoms with Gasteiger partial charge in [0.1, 0.15) is 0 Å². The molecule has 0 aliphatic rings. The average Bonchev–Trinajstić information content (AvgIpc) is 2.54. The first kappa shape index (κ1) is 15.6. The topological polar surface area (TPSA) is 75.1 Å². The SMILES string of the molecule is COC(=O)C(N=[N+]=[N-])(c1ccc(C)cc1)c1ccc(C)cc1. The number of rotatable bonds is 4. The van der Waals surface area contributed by atoms with Crippen LogP contribution in [0.5, 0.6) is 0 Å². The standard InChI is InChI=1S/C17H17N3O2/c1-12-4-8-14(9-5-12)17(19-20-18,16(21)22-3)15-10-6-13(2)7-11-15/h4-11H,1-3H3. The zero-order chi connectivity index (χ0) is 16.2. The summed E-state index contributed by atoms with van der Waals surface area (Å²) in [6.07, 6.45) is 0. The summed E-state index contributed by atoms with van der Waals surface area (Å²) in [4.78, 5) is 15.4. The lowest BCUT2D eigenvalue weighted by atomic mass is 9.83. The third-order valence-electron chi connectivity index (χ3n) is 3.61. The van der Waals surface area contributed by atoms with Crippen molar-refractivity contribution < 1.29 is 9.53 Å². The summed E-state index contributed by atoms with van der Waals surface area (Å²) in [6.45, 7) is 3.89. The zero-order valence-corrected chi connectivity index (χ0v) is 12.8. The first-order valence-corrected chi connectivity index (χ1v) is 6.83. The molecule has 0 saturated heterocycles. The minimum absolute atomic E-state index is 0.576. The number of aryl methyl sites for hydroxylation is 2. The van der Waals surface area contributed by atoms with E-state index in [9.17, 15) is 4.79 Å². The largest absolute Gasteiger partial charge is 0.468 e. The molecule has 0 saturated carbocycles. The van der Waals surface area contributed by atoms with E-state index in [4.69, 9.17) is 10.3 Å². The van der Waals surface area contributed by atoms with E-state index in [1.165, 1.54) is 7.11 Å². The zero-order valence-electron chi connectivity index (χ0n) is 12.8. The fourth-order valence-corrected chi connectivity index (χ4v) is 2.36. The summed E-state index contributed by atoms with van der Waals surface area (Å²) in [5, 5.41) is 3.83. The Morgan fingerprint density at radius 3 is 1.73 bits per heavy atom. The summed E-state index contributed by atoms with van der Waals surface area (Å²) < 4.78 is 4.93. The van der Waals surface area contributed by atoms with Gasteiger partial charge in [-0.15, -0.1) is 0 Å². The molecule has 0 aromatic heterocycles. The number of benzene rings is 2. The normalized spacial score (nSPS) is 10.7. The van der Waals surface area contributed by atoms with Gasteiger partial charge in [0.2, 0.25) is 0 Å². The maximum absolute atomic E-state index is 12.5. The molecule has 0 spiro atoms. The number of ether oxygens (including phenoxy) is 1. The second kappa shape index (κ2) is 6.33. The Labute approximate surface area is 129 Å². The monoisotopic (exact) mass is 295 g/mol. The molecule has 5 nitrogen and oxygen atoms in total. The van der Waals surface area contributed by atoms with Gasteiger partial charge in [-0.05, 0) is 30.5 Å². The third-order valence-corrected chi connectivity index (χ3v) is 3.61. The molecular weight excluding hydrogens is 278 g/mol. The lowest BCUT2D eigenvalue weighted by molar-refractivity contribution is -0.145. The smallest absolute Gasteiger partial charge is 0.326 e. The van der Waals surface area contributed by atoms with E-state index in [1.54, 1.807) is 24.3 Å². The number of carbonyl (C=O) groups is 1. The number of hydrogen-bond donors (Lipinski definition) is 0. The minimum Gasteiger partial charge on any atom is -0.468 e. The van der Waals surface area contributed by atoms with Crippen LogP contribution in [0, 0.1) is 13.8 Å². The molecule has 0 bridgehead atoms. The Morgan fingerprint density at radius 1 is 1.00 bits per heavy atom. The van der Waals surface area contributed by atoms with Crippen molar-refractivity contribution in [3.63, 3.8) is 0 Å². The fourth-order valence-electron chi connectivity index (χ4n) is 2.36. The summed E-state index contributed by atoms with van der Waals surface area (Å²) >= 11 is 0. The van der Waals surface area contributed by atoms with Crippen molar-refractivity contribution in [2.75, 3.05) is 7.11 Å². The van der Waals surface area contributed by atoms with E-state index in [2.05, 4.69) is 10.0 Å². The van der Waals surface area contributed by atoms with Crippen LogP contribution in [-0.4, -0.2) is 13.1 Å². The van der Waals surface area contributed by atoms with Gasteiger partial charge in [-0.1, -0.05) is 64.8 Å². The third kappa shape index (κ3) is 2.67. The van der Waals surface area contributed by atoms with E-state index < -0.39 is 11.5 Å². The number of esters is 1. The van der Waals surface area contributed by atoms with Crippen molar-refractivity contribution in [1.29, 1.82) is 0 Å². The summed E-state index contributed by atoms with van der Waals surface area (Å²) in [5.41, 5.74) is 10.8. The Hall–Kier alpha value is -2.78. The van der Waals surface area contributed by atoms with E-state index >= 15 is 0 Å². The molecule has 0 aliphatic carbocycles. The molecule has 0 N–H and O–H groups in total. The molecule has 0 aliphatic heterocycles. The van der Waals surface area contributed by atoms with Gasteiger partial charge in [0.05, 0.1) is 7.11 Å². The van der Waals surface area contributed by atoms with Crippen LogP contribution >= 0.6 is 0 Å². The average molecular weight is 295 g/mol. The van der Waals surface area contributed by atoms with Crippen LogP contribution in [0.15, 0.2) is 53.6 Å². The maximum atomic E-state index is 12.5. The fraction of sp³-hybridized carbons (Fsp3) is 0.235. The van der Waals surface area contributed by atoms with E-state index in [1.807, 2.05) is 38.1 Å². The molecule has 2 rings (SSSR count). The summed E-state index contributed by atoms with van der Waals surface area (Å²) in [6, 6.07) is 14.6. The minimum atomic E-state index is -1.52. The Morgan fingerprint density at radius 2 is 1.41 bits per heavy atom. The highest BCUT2D eigenvalue weighted by Gasteiger charge is 2.42. The highest BCUT2D eigenvalue weighted by molar-refractivity contribution is 5.87. The Kier molecular flexibility index (Phi) is 4.49. The van der Waals surface area contributed by atoms with Gasteiger partial charge in [-0.3, -0.25) is 4.79 Å². The molecule has 2 aromatic rings. The van der Waals surface area contributed by atoms with Gasteiger partial charge < -0.3 is 4.74 Å². The van der Waals surface area contributed by atoms with E-state index in [0.717, 1.165) is 11.1 Å². The lowest BCUT2D eigenvalue weighted by Crippen LogP contribution is -2.36. The van der Waals surface area contributed by atoms with E-state index in [-0.39, 0.29) is 0 Å². The van der Waals surface area contributed by atoms with Crippen LogP contribution in [0.25, 0.3) is 10.4 Å². The van der Waals surface area contributed by atoms with Gasteiger partial charge in [-0.25, -0.2) is 0 Å². The quantitative estimate of drug-likeness (QED) is 0.369. The molecule has 0 amide bonds. The van der Waals surface area contributed by atoms with Crippen LogP contribution in [-0.2, 0) is 15.1 Å².